The molecular weight excluding hydrogens is 260 g/mol. The van der Waals surface area contributed by atoms with Gasteiger partial charge in [-0.3, -0.25) is 0 Å². The first-order valence-electron chi connectivity index (χ1n) is 6.61. The van der Waals surface area contributed by atoms with Crippen LogP contribution >= 0.6 is 11.8 Å². The van der Waals surface area contributed by atoms with Crippen LogP contribution in [0.15, 0.2) is 29.2 Å². The van der Waals surface area contributed by atoms with Crippen molar-refractivity contribution in [3.63, 3.8) is 0 Å². The highest BCUT2D eigenvalue weighted by Crippen LogP contribution is 2.27. The number of carbonyl (C=O) groups is 1. The van der Waals surface area contributed by atoms with Crippen LogP contribution in [-0.2, 0) is 0 Å². The maximum Gasteiger partial charge on any atom is 0.319 e. The molecule has 0 unspecified atom stereocenters. The number of hydrogen-bond acceptors (Lipinski definition) is 3. The number of aliphatic hydroxyl groups excluding tert-OH is 1. The molecular formula is C14H22N2O2S. The Hall–Kier alpha value is -1.20. The first-order valence-corrected chi connectivity index (χ1v) is 7.60. The molecule has 3 N–H and O–H groups in total. The van der Waals surface area contributed by atoms with E-state index in [9.17, 15) is 4.79 Å². The van der Waals surface area contributed by atoms with Crippen LogP contribution in [0.2, 0.25) is 0 Å². The Kier molecular flexibility index (Phi) is 7.36. The Morgan fingerprint density at radius 1 is 1.37 bits per heavy atom. The maximum absolute atomic E-state index is 11.8. The summed E-state index contributed by atoms with van der Waals surface area (Å²) in [4.78, 5) is 12.9. The molecule has 5 heteroatoms. The fourth-order valence-corrected chi connectivity index (χ4v) is 2.40. The smallest absolute Gasteiger partial charge is 0.319 e. The average molecular weight is 282 g/mol. The van der Waals surface area contributed by atoms with Gasteiger partial charge in [0.05, 0.1) is 18.3 Å². The zero-order chi connectivity index (χ0) is 14.1. The number of urea groups is 1. The van der Waals surface area contributed by atoms with Crippen LogP contribution in [0.25, 0.3) is 0 Å². The lowest BCUT2D eigenvalue weighted by atomic mass is 10.2. The van der Waals surface area contributed by atoms with Crippen molar-refractivity contribution >= 4 is 23.5 Å². The fourth-order valence-electron chi connectivity index (χ4n) is 1.53. The van der Waals surface area contributed by atoms with Gasteiger partial charge in [-0.1, -0.05) is 26.0 Å². The molecule has 1 rings (SSSR count). The summed E-state index contributed by atoms with van der Waals surface area (Å²) >= 11 is 1.73. The minimum absolute atomic E-state index is 0.0455. The predicted molar refractivity (Wildman–Crippen MR) is 80.8 cm³/mol. The molecule has 4 nitrogen and oxygen atoms in total. The summed E-state index contributed by atoms with van der Waals surface area (Å²) in [5, 5.41) is 14.6. The average Bonchev–Trinajstić information content (AvgIpc) is 2.43. The lowest BCUT2D eigenvalue weighted by molar-refractivity contribution is 0.222. The van der Waals surface area contributed by atoms with Crippen molar-refractivity contribution in [1.82, 2.24) is 5.32 Å². The molecule has 0 aromatic heterocycles. The van der Waals surface area contributed by atoms with Crippen LogP contribution in [0.4, 0.5) is 10.5 Å². The van der Waals surface area contributed by atoms with E-state index in [0.717, 1.165) is 22.8 Å². The van der Waals surface area contributed by atoms with Crippen molar-refractivity contribution in [2.75, 3.05) is 17.7 Å². The number of amides is 2. The number of rotatable bonds is 7. The van der Waals surface area contributed by atoms with Crippen molar-refractivity contribution in [2.24, 2.45) is 0 Å². The highest BCUT2D eigenvalue weighted by atomic mass is 32.2. The van der Waals surface area contributed by atoms with Gasteiger partial charge < -0.3 is 15.7 Å². The highest BCUT2D eigenvalue weighted by molar-refractivity contribution is 7.99. The van der Waals surface area contributed by atoms with E-state index in [4.69, 9.17) is 5.11 Å². The van der Waals surface area contributed by atoms with Gasteiger partial charge in [-0.15, -0.1) is 11.8 Å². The third-order valence-electron chi connectivity index (χ3n) is 2.65. The van der Waals surface area contributed by atoms with Crippen molar-refractivity contribution in [3.05, 3.63) is 24.3 Å². The molecule has 0 spiro atoms. The number of anilines is 1. The number of benzene rings is 1. The van der Waals surface area contributed by atoms with Gasteiger partial charge >= 0.3 is 6.03 Å². The molecule has 0 aliphatic carbocycles. The van der Waals surface area contributed by atoms with E-state index < -0.39 is 0 Å². The fraction of sp³-hybridized carbons (Fsp3) is 0.500. The number of aliphatic hydroxyl groups is 1. The zero-order valence-electron chi connectivity index (χ0n) is 11.5. The van der Waals surface area contributed by atoms with E-state index >= 15 is 0 Å². The first-order chi connectivity index (χ1) is 9.21. The molecule has 0 saturated heterocycles. The van der Waals surface area contributed by atoms with Gasteiger partial charge in [0.25, 0.3) is 0 Å². The first kappa shape index (κ1) is 15.9. The summed E-state index contributed by atoms with van der Waals surface area (Å²) in [6.07, 6.45) is 1.80. The molecule has 106 valence electrons. The number of hydrogen-bond donors (Lipinski definition) is 3. The molecule has 19 heavy (non-hydrogen) atoms. The van der Waals surface area contributed by atoms with Crippen LogP contribution < -0.4 is 10.6 Å². The van der Waals surface area contributed by atoms with Gasteiger partial charge in [0.1, 0.15) is 0 Å². The summed E-state index contributed by atoms with van der Waals surface area (Å²) in [5.41, 5.74) is 0.811. The van der Waals surface area contributed by atoms with Gasteiger partial charge in [-0.25, -0.2) is 4.79 Å². The topological polar surface area (TPSA) is 61.4 Å². The second kappa shape index (κ2) is 8.82. The van der Waals surface area contributed by atoms with Crippen molar-refractivity contribution in [2.45, 2.75) is 37.6 Å². The molecule has 0 aliphatic rings. The summed E-state index contributed by atoms with van der Waals surface area (Å²) in [6, 6.07) is 7.27. The van der Waals surface area contributed by atoms with Crippen molar-refractivity contribution in [3.8, 4) is 0 Å². The summed E-state index contributed by atoms with van der Waals surface area (Å²) in [6.45, 7) is 4.01. The number of para-hydroxylation sites is 1. The van der Waals surface area contributed by atoms with E-state index in [0.29, 0.717) is 6.42 Å². The Balaban J connectivity index is 2.62. The van der Waals surface area contributed by atoms with Crippen LogP contribution in [0.1, 0.15) is 26.7 Å². The van der Waals surface area contributed by atoms with Gasteiger partial charge in [0, 0.05) is 4.90 Å². The van der Waals surface area contributed by atoms with E-state index in [2.05, 4.69) is 17.6 Å². The predicted octanol–water partition coefficient (Wildman–Crippen LogP) is 3.08. The Bertz CT molecular complexity index is 395. The third kappa shape index (κ3) is 5.53. The second-order valence-electron chi connectivity index (χ2n) is 4.23. The monoisotopic (exact) mass is 282 g/mol. The number of carbonyl (C=O) groups excluding carboxylic acids is 1. The van der Waals surface area contributed by atoms with Crippen LogP contribution in [0.5, 0.6) is 0 Å². The summed E-state index contributed by atoms with van der Waals surface area (Å²) in [7, 11) is 0. The SMILES string of the molecule is CCCSc1ccccc1NC(=O)N[C@H](CC)CO. The second-order valence-corrected chi connectivity index (χ2v) is 5.37. The molecule has 2 amide bonds. The molecule has 0 heterocycles. The number of nitrogens with one attached hydrogen (secondary N) is 2. The highest BCUT2D eigenvalue weighted by Gasteiger charge is 2.10. The van der Waals surface area contributed by atoms with Gasteiger partial charge in [0.15, 0.2) is 0 Å². The van der Waals surface area contributed by atoms with Crippen LogP contribution in [0.3, 0.4) is 0 Å². The summed E-state index contributed by atoms with van der Waals surface area (Å²) < 4.78 is 0. The molecule has 1 atom stereocenters. The van der Waals surface area contributed by atoms with Gasteiger partial charge in [-0.05, 0) is 30.7 Å². The van der Waals surface area contributed by atoms with Gasteiger partial charge in [-0.2, -0.15) is 0 Å². The van der Waals surface area contributed by atoms with Crippen LogP contribution in [-0.4, -0.2) is 29.5 Å². The standard InChI is InChI=1S/C14H22N2O2S/c1-3-9-19-13-8-6-5-7-12(13)16-14(18)15-11(4-2)10-17/h5-8,11,17H,3-4,9-10H2,1-2H3,(H2,15,16,18)/t11-/m1/s1. The maximum atomic E-state index is 11.8. The van der Waals surface area contributed by atoms with E-state index in [1.54, 1.807) is 11.8 Å². The normalized spacial score (nSPS) is 11.9. The van der Waals surface area contributed by atoms with Crippen LogP contribution in [0, 0.1) is 0 Å². The Morgan fingerprint density at radius 2 is 2.11 bits per heavy atom. The van der Waals surface area contributed by atoms with Gasteiger partial charge in [0.2, 0.25) is 0 Å². The largest absolute Gasteiger partial charge is 0.394 e. The minimum Gasteiger partial charge on any atom is -0.394 e. The molecule has 0 saturated carbocycles. The Labute approximate surface area is 119 Å². The summed E-state index contributed by atoms with van der Waals surface area (Å²) in [5.74, 6) is 1.02. The molecule has 1 aromatic carbocycles. The Morgan fingerprint density at radius 3 is 2.74 bits per heavy atom. The third-order valence-corrected chi connectivity index (χ3v) is 3.92. The molecule has 0 fully saturated rings. The molecule has 1 aromatic rings. The van der Waals surface area contributed by atoms with E-state index in [1.807, 2.05) is 31.2 Å². The quantitative estimate of drug-likeness (QED) is 0.673. The van der Waals surface area contributed by atoms with Crippen molar-refractivity contribution < 1.29 is 9.90 Å². The zero-order valence-corrected chi connectivity index (χ0v) is 12.3. The van der Waals surface area contributed by atoms with Crippen molar-refractivity contribution in [1.29, 1.82) is 0 Å². The lowest BCUT2D eigenvalue weighted by Crippen LogP contribution is -2.39. The molecule has 0 radical (unpaired) electrons. The van der Waals surface area contributed by atoms with E-state index in [-0.39, 0.29) is 18.7 Å². The lowest BCUT2D eigenvalue weighted by Gasteiger charge is -2.16. The number of thioether (sulfide) groups is 1. The molecule has 0 bridgehead atoms. The van der Waals surface area contributed by atoms with E-state index in [1.165, 1.54) is 0 Å². The molecule has 0 aliphatic heterocycles. The minimum atomic E-state index is -0.273.